The zero-order chi connectivity index (χ0) is 28.6. The summed E-state index contributed by atoms with van der Waals surface area (Å²) in [7, 11) is 3.17. The largest absolute Gasteiger partial charge is 0.493 e. The molecule has 2 aromatic carbocycles. The van der Waals surface area contributed by atoms with Crippen molar-refractivity contribution in [3.63, 3.8) is 0 Å². The summed E-state index contributed by atoms with van der Waals surface area (Å²) in [6.45, 7) is 3.90. The van der Waals surface area contributed by atoms with Crippen molar-refractivity contribution in [1.29, 1.82) is 0 Å². The standard InChI is InChI=1S/C28H31ClFN5O4S/c1-18-16-34(11-12-35(18)27(37)20-5-4-6-21(30)14-20)25-15-24(29)32-28(33-25)40-17-26(36)31-10-9-19-7-8-22(38-2)23(13-19)39-3/h4-8,13-15,18H,9-12,16-17H2,1-3H3,(H,31,36). The van der Waals surface area contributed by atoms with Gasteiger partial charge in [0.1, 0.15) is 16.8 Å². The van der Waals surface area contributed by atoms with Gasteiger partial charge in [-0.25, -0.2) is 14.4 Å². The Kier molecular flexibility index (Phi) is 10.1. The van der Waals surface area contributed by atoms with E-state index in [-0.39, 0.29) is 28.8 Å². The smallest absolute Gasteiger partial charge is 0.254 e. The predicted molar refractivity (Wildman–Crippen MR) is 153 cm³/mol. The zero-order valence-corrected chi connectivity index (χ0v) is 24.1. The second kappa shape index (κ2) is 13.7. The van der Waals surface area contributed by atoms with Gasteiger partial charge >= 0.3 is 0 Å². The lowest BCUT2D eigenvalue weighted by atomic mass is 10.1. The second-order valence-electron chi connectivity index (χ2n) is 9.21. The van der Waals surface area contributed by atoms with Crippen LogP contribution in [0.15, 0.2) is 53.7 Å². The third-order valence-electron chi connectivity index (χ3n) is 6.46. The number of amides is 2. The molecule has 1 aliphatic heterocycles. The van der Waals surface area contributed by atoms with Gasteiger partial charge in [-0.2, -0.15) is 0 Å². The van der Waals surface area contributed by atoms with Crippen LogP contribution in [0.4, 0.5) is 10.2 Å². The molecular formula is C28H31ClFN5O4S. The molecule has 1 aromatic heterocycles. The fraction of sp³-hybridized carbons (Fsp3) is 0.357. The van der Waals surface area contributed by atoms with E-state index in [2.05, 4.69) is 15.3 Å². The van der Waals surface area contributed by atoms with E-state index in [0.717, 1.165) is 5.56 Å². The molecule has 0 radical (unpaired) electrons. The highest BCUT2D eigenvalue weighted by Crippen LogP contribution is 2.28. The highest BCUT2D eigenvalue weighted by molar-refractivity contribution is 7.99. The molecule has 3 aromatic rings. The van der Waals surface area contributed by atoms with Gasteiger partial charge in [0, 0.05) is 43.9 Å². The molecule has 0 bridgehead atoms. The monoisotopic (exact) mass is 587 g/mol. The number of rotatable bonds is 10. The van der Waals surface area contributed by atoms with Crippen LogP contribution in [-0.2, 0) is 11.2 Å². The first-order valence-corrected chi connectivity index (χ1v) is 14.1. The number of carbonyl (C=O) groups excluding carboxylic acids is 2. The van der Waals surface area contributed by atoms with Crippen LogP contribution in [0.25, 0.3) is 0 Å². The third-order valence-corrected chi connectivity index (χ3v) is 7.50. The molecule has 1 fully saturated rings. The van der Waals surface area contributed by atoms with Gasteiger partial charge in [0.2, 0.25) is 5.91 Å². The molecule has 9 nitrogen and oxygen atoms in total. The Morgan fingerprint density at radius 2 is 1.90 bits per heavy atom. The first kappa shape index (κ1) is 29.4. The maximum atomic E-state index is 13.6. The highest BCUT2D eigenvalue weighted by Gasteiger charge is 2.29. The predicted octanol–water partition coefficient (Wildman–Crippen LogP) is 4.09. The lowest BCUT2D eigenvalue weighted by molar-refractivity contribution is -0.118. The zero-order valence-electron chi connectivity index (χ0n) is 22.5. The van der Waals surface area contributed by atoms with E-state index < -0.39 is 5.82 Å². The number of ether oxygens (including phenoxy) is 2. The number of piperazine rings is 1. The van der Waals surface area contributed by atoms with Crippen LogP contribution in [-0.4, -0.2) is 78.9 Å². The normalized spacial score (nSPS) is 15.1. The van der Waals surface area contributed by atoms with E-state index in [1.54, 1.807) is 31.3 Å². The van der Waals surface area contributed by atoms with Crippen molar-refractivity contribution in [1.82, 2.24) is 20.2 Å². The van der Waals surface area contributed by atoms with E-state index in [1.807, 2.05) is 30.0 Å². The Morgan fingerprint density at radius 1 is 1.10 bits per heavy atom. The summed E-state index contributed by atoms with van der Waals surface area (Å²) in [5, 5.41) is 3.57. The molecule has 212 valence electrons. The fourth-order valence-electron chi connectivity index (χ4n) is 4.43. The average Bonchev–Trinajstić information content (AvgIpc) is 2.95. The summed E-state index contributed by atoms with van der Waals surface area (Å²) in [6, 6.07) is 12.9. The van der Waals surface area contributed by atoms with Gasteiger partial charge in [0.05, 0.1) is 20.0 Å². The van der Waals surface area contributed by atoms with E-state index in [4.69, 9.17) is 21.1 Å². The molecule has 2 heterocycles. The van der Waals surface area contributed by atoms with E-state index in [0.29, 0.717) is 60.6 Å². The molecule has 1 atom stereocenters. The number of carbonyl (C=O) groups is 2. The summed E-state index contributed by atoms with van der Waals surface area (Å²) < 4.78 is 24.2. The van der Waals surface area contributed by atoms with Crippen molar-refractivity contribution in [2.75, 3.05) is 51.1 Å². The molecule has 0 aliphatic carbocycles. The van der Waals surface area contributed by atoms with Crippen molar-refractivity contribution in [3.8, 4) is 11.5 Å². The first-order valence-electron chi connectivity index (χ1n) is 12.7. The Morgan fingerprint density at radius 3 is 2.62 bits per heavy atom. The number of halogens is 2. The van der Waals surface area contributed by atoms with Crippen molar-refractivity contribution >= 4 is 41.0 Å². The summed E-state index contributed by atoms with van der Waals surface area (Å²) in [4.78, 5) is 38.0. The van der Waals surface area contributed by atoms with Crippen molar-refractivity contribution < 1.29 is 23.5 Å². The highest BCUT2D eigenvalue weighted by atomic mass is 35.5. The molecule has 12 heteroatoms. The summed E-state index contributed by atoms with van der Waals surface area (Å²) in [6.07, 6.45) is 0.639. The van der Waals surface area contributed by atoms with Crippen LogP contribution < -0.4 is 19.7 Å². The number of thioether (sulfide) groups is 1. The van der Waals surface area contributed by atoms with Gasteiger partial charge in [-0.05, 0) is 49.2 Å². The van der Waals surface area contributed by atoms with Crippen LogP contribution in [0, 0.1) is 5.82 Å². The maximum Gasteiger partial charge on any atom is 0.254 e. The van der Waals surface area contributed by atoms with Crippen LogP contribution in [0.5, 0.6) is 11.5 Å². The molecule has 4 rings (SSSR count). The average molecular weight is 588 g/mol. The van der Waals surface area contributed by atoms with Crippen LogP contribution >= 0.6 is 23.4 Å². The third kappa shape index (κ3) is 7.54. The number of nitrogens with zero attached hydrogens (tertiary/aromatic N) is 4. The van der Waals surface area contributed by atoms with Gasteiger partial charge in [-0.1, -0.05) is 35.5 Å². The second-order valence-corrected chi connectivity index (χ2v) is 10.5. The first-order chi connectivity index (χ1) is 19.3. The van der Waals surface area contributed by atoms with Gasteiger partial charge in [-0.3, -0.25) is 9.59 Å². The van der Waals surface area contributed by atoms with Crippen LogP contribution in [0.2, 0.25) is 5.15 Å². The van der Waals surface area contributed by atoms with Crippen molar-refractivity contribution in [2.24, 2.45) is 0 Å². The van der Waals surface area contributed by atoms with Crippen molar-refractivity contribution in [2.45, 2.75) is 24.5 Å². The number of aromatic nitrogens is 2. The molecule has 1 aliphatic rings. The van der Waals surface area contributed by atoms with Crippen molar-refractivity contribution in [3.05, 3.63) is 70.6 Å². The Balaban J connectivity index is 1.29. The number of hydrogen-bond donors (Lipinski definition) is 1. The molecule has 1 N–H and O–H groups in total. The number of benzene rings is 2. The minimum absolute atomic E-state index is 0.134. The molecule has 0 spiro atoms. The van der Waals surface area contributed by atoms with E-state index in [1.165, 1.54) is 30.0 Å². The quantitative estimate of drug-likeness (QED) is 0.215. The van der Waals surface area contributed by atoms with Gasteiger partial charge in [0.25, 0.3) is 5.91 Å². The number of anilines is 1. The number of methoxy groups -OCH3 is 2. The number of nitrogens with one attached hydrogen (secondary N) is 1. The SMILES string of the molecule is COc1ccc(CCNC(=O)CSc2nc(Cl)cc(N3CCN(C(=O)c4cccc(F)c4)C(C)C3)n2)cc1OC. The van der Waals surface area contributed by atoms with Crippen LogP contribution in [0.1, 0.15) is 22.8 Å². The van der Waals surface area contributed by atoms with E-state index in [9.17, 15) is 14.0 Å². The van der Waals surface area contributed by atoms with Gasteiger partial charge in [0.15, 0.2) is 16.7 Å². The van der Waals surface area contributed by atoms with Crippen LogP contribution in [0.3, 0.4) is 0 Å². The lowest BCUT2D eigenvalue weighted by Gasteiger charge is -2.40. The molecule has 0 saturated carbocycles. The Labute approximate surface area is 242 Å². The lowest BCUT2D eigenvalue weighted by Crippen LogP contribution is -2.54. The van der Waals surface area contributed by atoms with E-state index >= 15 is 0 Å². The summed E-state index contributed by atoms with van der Waals surface area (Å²) in [5.41, 5.74) is 1.34. The Bertz CT molecular complexity index is 1360. The molecular weight excluding hydrogens is 557 g/mol. The Hall–Kier alpha value is -3.57. The maximum absolute atomic E-state index is 13.6. The molecule has 1 saturated heterocycles. The van der Waals surface area contributed by atoms with Gasteiger partial charge < -0.3 is 24.6 Å². The summed E-state index contributed by atoms with van der Waals surface area (Å²) in [5.74, 6) is 1.27. The fourth-order valence-corrected chi connectivity index (χ4v) is 5.34. The molecule has 2 amide bonds. The minimum Gasteiger partial charge on any atom is -0.493 e. The minimum atomic E-state index is -0.440. The summed E-state index contributed by atoms with van der Waals surface area (Å²) >= 11 is 7.48. The molecule has 40 heavy (non-hydrogen) atoms. The number of hydrogen-bond acceptors (Lipinski definition) is 8. The van der Waals surface area contributed by atoms with Gasteiger partial charge in [-0.15, -0.1) is 0 Å². The topological polar surface area (TPSA) is 96.9 Å². The molecule has 1 unspecified atom stereocenters.